The number of ether oxygens (including phenoxy) is 2. The van der Waals surface area contributed by atoms with Gasteiger partial charge < -0.3 is 29.6 Å². The highest BCUT2D eigenvalue weighted by molar-refractivity contribution is 5.76. The van der Waals surface area contributed by atoms with Crippen LogP contribution in [0.4, 0.5) is 13.2 Å². The van der Waals surface area contributed by atoms with Crippen molar-refractivity contribution in [3.63, 3.8) is 0 Å². The van der Waals surface area contributed by atoms with Gasteiger partial charge in [0.15, 0.2) is 0 Å². The molecule has 1 heterocycles. The summed E-state index contributed by atoms with van der Waals surface area (Å²) in [6, 6.07) is 8.56. The number of rotatable bonds is 6. The van der Waals surface area contributed by atoms with Crippen LogP contribution in [0.5, 0.6) is 0 Å². The molecular formula is C16H17F3NO7-. The molecule has 0 radical (unpaired) electrons. The number of carbonyl (C=O) groups is 2. The lowest BCUT2D eigenvalue weighted by molar-refractivity contribution is -0.323. The van der Waals surface area contributed by atoms with Gasteiger partial charge in [0.05, 0.1) is 13.2 Å². The molecule has 5 unspecified atom stereocenters. The average molecular weight is 392 g/mol. The second kappa shape index (κ2) is 8.65. The van der Waals surface area contributed by atoms with Crippen LogP contribution in [-0.4, -0.2) is 47.6 Å². The number of aliphatic hydroxyl groups is 2. The zero-order valence-corrected chi connectivity index (χ0v) is 13.8. The second-order valence-corrected chi connectivity index (χ2v) is 5.96. The lowest BCUT2D eigenvalue weighted by Crippen LogP contribution is -2.64. The van der Waals surface area contributed by atoms with Gasteiger partial charge >= 0.3 is 12.3 Å². The number of hydrogen-bond acceptors (Lipinski definition) is 8. The smallest absolute Gasteiger partial charge is 0.550 e. The van der Waals surface area contributed by atoms with Crippen molar-refractivity contribution < 1.29 is 47.6 Å². The van der Waals surface area contributed by atoms with E-state index in [1.807, 2.05) is 5.32 Å². The molecule has 1 aliphatic heterocycles. The third kappa shape index (κ3) is 5.63. The van der Waals surface area contributed by atoms with Crippen LogP contribution in [0.2, 0.25) is 0 Å². The summed E-state index contributed by atoms with van der Waals surface area (Å²) in [5, 5.41) is 33.0. The number of halogens is 3. The molecule has 3 N–H and O–H groups in total. The first-order valence-electron chi connectivity index (χ1n) is 7.84. The second-order valence-electron chi connectivity index (χ2n) is 5.96. The van der Waals surface area contributed by atoms with Crippen LogP contribution >= 0.6 is 0 Å². The molecule has 1 aromatic rings. The highest BCUT2D eigenvalue weighted by atomic mass is 19.4. The van der Waals surface area contributed by atoms with Gasteiger partial charge in [0.25, 0.3) is 0 Å². The van der Waals surface area contributed by atoms with Gasteiger partial charge in [-0.1, -0.05) is 30.3 Å². The van der Waals surface area contributed by atoms with Crippen LogP contribution in [0.3, 0.4) is 0 Å². The molecule has 0 saturated carbocycles. The number of piperidine rings is 1. The van der Waals surface area contributed by atoms with Gasteiger partial charge in [0.1, 0.15) is 18.4 Å². The number of aliphatic carboxylic acids is 1. The number of alkyl halides is 3. The van der Waals surface area contributed by atoms with E-state index in [2.05, 4.69) is 4.74 Å². The molecule has 1 saturated heterocycles. The minimum atomic E-state index is -5.32. The van der Waals surface area contributed by atoms with Gasteiger partial charge in [-0.3, -0.25) is 10.1 Å². The van der Waals surface area contributed by atoms with E-state index < -0.39 is 55.1 Å². The Bertz CT molecular complexity index is 655. The Kier molecular flexibility index (Phi) is 6.76. The Morgan fingerprint density at radius 3 is 2.26 bits per heavy atom. The Balaban J connectivity index is 2.19. The summed E-state index contributed by atoms with van der Waals surface area (Å²) in [6.07, 6.45) is -9.15. The van der Waals surface area contributed by atoms with Gasteiger partial charge in [-0.05, 0) is 5.56 Å². The number of carboxylic acids is 1. The van der Waals surface area contributed by atoms with E-state index in [4.69, 9.17) is 4.74 Å². The number of nitrogens with one attached hydrogen (secondary N) is 1. The molecule has 0 spiro atoms. The maximum Gasteiger partial charge on any atom is 0.575 e. The van der Waals surface area contributed by atoms with Crippen molar-refractivity contribution in [2.45, 2.75) is 25.4 Å². The Morgan fingerprint density at radius 2 is 1.70 bits per heavy atom. The number of carboxylic acid groups (broad SMARTS) is 1. The van der Waals surface area contributed by atoms with Gasteiger partial charge in [-0.2, -0.15) is 0 Å². The summed E-state index contributed by atoms with van der Waals surface area (Å²) in [6.45, 7) is -0.571. The van der Waals surface area contributed by atoms with Gasteiger partial charge in [-0.25, -0.2) is 0 Å². The van der Waals surface area contributed by atoms with E-state index in [9.17, 15) is 38.1 Å². The minimum Gasteiger partial charge on any atom is -0.550 e. The normalized spacial score (nSPS) is 28.6. The van der Waals surface area contributed by atoms with Crippen LogP contribution in [-0.2, 0) is 25.7 Å². The zero-order valence-electron chi connectivity index (χ0n) is 13.8. The van der Waals surface area contributed by atoms with Crippen molar-refractivity contribution in [1.29, 1.82) is 0 Å². The lowest BCUT2D eigenvalue weighted by Gasteiger charge is -2.43. The molecule has 27 heavy (non-hydrogen) atoms. The van der Waals surface area contributed by atoms with Crippen LogP contribution < -0.4 is 10.4 Å². The first kappa shape index (κ1) is 21.1. The maximum atomic E-state index is 12.4. The van der Waals surface area contributed by atoms with E-state index in [1.54, 1.807) is 30.3 Å². The quantitative estimate of drug-likeness (QED) is 0.532. The van der Waals surface area contributed by atoms with Gasteiger partial charge in [0.2, 0.25) is 0 Å². The monoisotopic (exact) mass is 392 g/mol. The first-order valence-corrected chi connectivity index (χ1v) is 7.84. The predicted molar refractivity (Wildman–Crippen MR) is 78.9 cm³/mol. The van der Waals surface area contributed by atoms with E-state index in [1.165, 1.54) is 0 Å². The Hall–Kier alpha value is -2.21. The molecule has 1 aromatic carbocycles. The molecule has 11 heteroatoms. The van der Waals surface area contributed by atoms with Crippen LogP contribution in [0.15, 0.2) is 30.3 Å². The number of benzene rings is 1. The lowest BCUT2D eigenvalue weighted by atomic mass is 9.76. The summed E-state index contributed by atoms with van der Waals surface area (Å²) in [5.74, 6) is -9.00. The average Bonchev–Trinajstić information content (AvgIpc) is 2.53. The summed E-state index contributed by atoms with van der Waals surface area (Å²) in [5.41, 5.74) is 0.687. The van der Waals surface area contributed by atoms with Crippen molar-refractivity contribution in [1.82, 2.24) is 5.32 Å². The van der Waals surface area contributed by atoms with Crippen molar-refractivity contribution in [3.8, 4) is 0 Å². The van der Waals surface area contributed by atoms with E-state index in [0.29, 0.717) is 5.56 Å². The number of carbonyl (C=O) groups excluding carboxylic acids is 2. The molecule has 0 bridgehead atoms. The Labute approximate surface area is 151 Å². The number of hydrogen-bond donors (Lipinski definition) is 3. The largest absolute Gasteiger partial charge is 0.575 e. The molecule has 5 atom stereocenters. The van der Waals surface area contributed by atoms with Gasteiger partial charge in [-0.15, -0.1) is 13.2 Å². The summed E-state index contributed by atoms with van der Waals surface area (Å²) < 4.78 is 45.7. The van der Waals surface area contributed by atoms with Crippen molar-refractivity contribution in [3.05, 3.63) is 35.9 Å². The van der Waals surface area contributed by atoms with E-state index in [-0.39, 0.29) is 6.61 Å². The summed E-state index contributed by atoms with van der Waals surface area (Å²) in [4.78, 5) is 23.2. The Morgan fingerprint density at radius 1 is 1.11 bits per heavy atom. The van der Waals surface area contributed by atoms with Crippen molar-refractivity contribution in [2.75, 3.05) is 6.61 Å². The standard InChI is InChI=1S/C16H18F3NO7/c17-16(18,19)27-15(25)11-9(7-26-6-8-4-2-1-3-5-8)10(14(23)24)12(21)20-13(11)22/h1-5,9-13,20-22H,6-7H2,(H,23,24)/p-1. The molecule has 0 amide bonds. The van der Waals surface area contributed by atoms with Crippen LogP contribution in [0.1, 0.15) is 5.56 Å². The fourth-order valence-electron chi connectivity index (χ4n) is 2.96. The third-order valence-electron chi connectivity index (χ3n) is 4.13. The maximum absolute atomic E-state index is 12.4. The van der Waals surface area contributed by atoms with E-state index in [0.717, 1.165) is 0 Å². The van der Waals surface area contributed by atoms with Crippen molar-refractivity contribution in [2.24, 2.45) is 17.8 Å². The SMILES string of the molecule is O=C([O-])C1C(O)NC(O)C(C(=O)OC(F)(F)F)C1COCc1ccccc1. The predicted octanol–water partition coefficient (Wildman–Crippen LogP) is -0.895. The molecule has 2 rings (SSSR count). The molecule has 8 nitrogen and oxygen atoms in total. The van der Waals surface area contributed by atoms with E-state index >= 15 is 0 Å². The molecular weight excluding hydrogens is 375 g/mol. The number of aliphatic hydroxyl groups excluding tert-OH is 2. The topological polar surface area (TPSA) is 128 Å². The highest BCUT2D eigenvalue weighted by Gasteiger charge is 2.50. The fourth-order valence-corrected chi connectivity index (χ4v) is 2.96. The fraction of sp³-hybridized carbons (Fsp3) is 0.500. The molecule has 1 aliphatic rings. The summed E-state index contributed by atoms with van der Waals surface area (Å²) >= 11 is 0. The molecule has 0 aromatic heterocycles. The molecule has 150 valence electrons. The molecule has 1 fully saturated rings. The first-order chi connectivity index (χ1) is 12.6. The number of esters is 1. The third-order valence-corrected chi connectivity index (χ3v) is 4.13. The zero-order chi connectivity index (χ0) is 20.2. The summed E-state index contributed by atoms with van der Waals surface area (Å²) in [7, 11) is 0. The van der Waals surface area contributed by atoms with Crippen molar-refractivity contribution >= 4 is 11.9 Å². The van der Waals surface area contributed by atoms with Crippen LogP contribution in [0, 0.1) is 17.8 Å². The van der Waals surface area contributed by atoms with Gasteiger partial charge in [0, 0.05) is 17.8 Å². The highest BCUT2D eigenvalue weighted by Crippen LogP contribution is 2.33. The molecule has 0 aliphatic carbocycles. The van der Waals surface area contributed by atoms with Crippen LogP contribution in [0.25, 0.3) is 0 Å². The minimum absolute atomic E-state index is 0.0300.